The van der Waals surface area contributed by atoms with Crippen LogP contribution in [0.2, 0.25) is 0 Å². The van der Waals surface area contributed by atoms with Crippen molar-refractivity contribution in [2.45, 2.75) is 56.7 Å². The van der Waals surface area contributed by atoms with Gasteiger partial charge in [-0.25, -0.2) is 12.7 Å². The minimum atomic E-state index is -3.40. The van der Waals surface area contributed by atoms with Crippen LogP contribution in [0.5, 0.6) is 0 Å². The van der Waals surface area contributed by atoms with Gasteiger partial charge in [0, 0.05) is 38.6 Å². The zero-order valence-electron chi connectivity index (χ0n) is 13.7. The van der Waals surface area contributed by atoms with Crippen molar-refractivity contribution in [2.24, 2.45) is 11.7 Å². The zero-order chi connectivity index (χ0) is 16.3. The maximum atomic E-state index is 12.7. The van der Waals surface area contributed by atoms with Crippen molar-refractivity contribution in [3.8, 4) is 0 Å². The van der Waals surface area contributed by atoms with Crippen LogP contribution >= 0.6 is 0 Å². The lowest BCUT2D eigenvalue weighted by atomic mass is 10.0. The largest absolute Gasteiger partial charge is 0.341 e. The van der Waals surface area contributed by atoms with Crippen LogP contribution in [0.25, 0.3) is 0 Å². The molecule has 0 aromatic rings. The Labute approximate surface area is 134 Å². The Balaban J connectivity index is 2.04. The average molecular weight is 331 g/mol. The molecule has 2 N–H and O–H groups in total. The summed E-state index contributed by atoms with van der Waals surface area (Å²) in [5, 5.41) is -0.495. The standard InChI is InChI=1S/C15H29N3O3S/c1-12(10-16)17(2)22(20,21)14-8-5-9-18(11-14)15(19)13-6-3-4-7-13/h12-14H,3-11,16H2,1-2H3. The van der Waals surface area contributed by atoms with Gasteiger partial charge in [-0.1, -0.05) is 12.8 Å². The first-order chi connectivity index (χ1) is 10.4. The van der Waals surface area contributed by atoms with Crippen LogP contribution in [0.3, 0.4) is 0 Å². The van der Waals surface area contributed by atoms with Gasteiger partial charge in [0.25, 0.3) is 0 Å². The molecular formula is C15H29N3O3S. The van der Waals surface area contributed by atoms with E-state index in [2.05, 4.69) is 0 Å². The van der Waals surface area contributed by atoms with E-state index in [4.69, 9.17) is 5.73 Å². The van der Waals surface area contributed by atoms with Crippen molar-refractivity contribution < 1.29 is 13.2 Å². The number of likely N-dealkylation sites (N-methyl/N-ethyl adjacent to an activating group) is 1. The molecule has 1 saturated carbocycles. The Morgan fingerprint density at radius 2 is 1.91 bits per heavy atom. The zero-order valence-corrected chi connectivity index (χ0v) is 14.5. The highest BCUT2D eigenvalue weighted by Crippen LogP contribution is 2.29. The number of nitrogens with zero attached hydrogens (tertiary/aromatic N) is 2. The van der Waals surface area contributed by atoms with Crippen molar-refractivity contribution >= 4 is 15.9 Å². The number of sulfonamides is 1. The van der Waals surface area contributed by atoms with Crippen LogP contribution in [0, 0.1) is 5.92 Å². The molecule has 2 fully saturated rings. The van der Waals surface area contributed by atoms with Crippen LogP contribution in [-0.4, -0.2) is 61.5 Å². The Kier molecular flexibility index (Phi) is 5.85. The van der Waals surface area contributed by atoms with Crippen molar-refractivity contribution in [1.82, 2.24) is 9.21 Å². The molecule has 2 aliphatic rings. The van der Waals surface area contributed by atoms with E-state index in [1.165, 1.54) is 4.31 Å². The van der Waals surface area contributed by atoms with Crippen LogP contribution in [0.1, 0.15) is 45.4 Å². The van der Waals surface area contributed by atoms with Crippen LogP contribution in [0.15, 0.2) is 0 Å². The molecule has 1 saturated heterocycles. The third-order valence-corrected chi connectivity index (χ3v) is 7.57. The molecular weight excluding hydrogens is 302 g/mol. The number of nitrogens with two attached hydrogens (primary N) is 1. The highest BCUT2D eigenvalue weighted by atomic mass is 32.2. The molecule has 0 bridgehead atoms. The SMILES string of the molecule is CC(CN)N(C)S(=O)(=O)C1CCCN(C(=O)C2CCCC2)C1. The molecule has 6 nitrogen and oxygen atoms in total. The number of piperidine rings is 1. The molecule has 0 aromatic heterocycles. The van der Waals surface area contributed by atoms with Crippen molar-refractivity contribution in [1.29, 1.82) is 0 Å². The summed E-state index contributed by atoms with van der Waals surface area (Å²) in [6, 6.07) is -0.217. The van der Waals surface area contributed by atoms with Gasteiger partial charge in [-0.3, -0.25) is 4.79 Å². The molecule has 2 atom stereocenters. The number of hydrogen-bond acceptors (Lipinski definition) is 4. The number of carbonyl (C=O) groups is 1. The monoisotopic (exact) mass is 331 g/mol. The quantitative estimate of drug-likeness (QED) is 0.807. The number of rotatable bonds is 5. The van der Waals surface area contributed by atoms with Gasteiger partial charge >= 0.3 is 0 Å². The molecule has 7 heteroatoms. The molecule has 2 rings (SSSR count). The van der Waals surface area contributed by atoms with Crippen molar-refractivity contribution in [3.63, 3.8) is 0 Å². The molecule has 22 heavy (non-hydrogen) atoms. The van der Waals surface area contributed by atoms with Gasteiger partial charge in [0.2, 0.25) is 15.9 Å². The molecule has 2 unspecified atom stereocenters. The van der Waals surface area contributed by atoms with Gasteiger partial charge < -0.3 is 10.6 Å². The van der Waals surface area contributed by atoms with E-state index in [0.717, 1.165) is 32.1 Å². The van der Waals surface area contributed by atoms with E-state index < -0.39 is 15.3 Å². The normalized spacial score (nSPS) is 25.6. The van der Waals surface area contributed by atoms with E-state index in [-0.39, 0.29) is 17.9 Å². The topological polar surface area (TPSA) is 83.7 Å². The lowest BCUT2D eigenvalue weighted by Gasteiger charge is -2.36. The molecule has 1 aliphatic carbocycles. The van der Waals surface area contributed by atoms with E-state index in [0.29, 0.717) is 26.1 Å². The van der Waals surface area contributed by atoms with Crippen LogP contribution in [0.4, 0.5) is 0 Å². The minimum Gasteiger partial charge on any atom is -0.341 e. The number of hydrogen-bond donors (Lipinski definition) is 1. The Bertz CT molecular complexity index is 488. The summed E-state index contributed by atoms with van der Waals surface area (Å²) in [6.45, 7) is 3.13. The summed E-state index contributed by atoms with van der Waals surface area (Å²) in [5.74, 6) is 0.272. The summed E-state index contributed by atoms with van der Waals surface area (Å²) in [7, 11) is -1.82. The lowest BCUT2D eigenvalue weighted by molar-refractivity contribution is -0.136. The lowest BCUT2D eigenvalue weighted by Crippen LogP contribution is -2.52. The number of amides is 1. The fourth-order valence-electron chi connectivity index (χ4n) is 3.45. The molecule has 1 amide bonds. The van der Waals surface area contributed by atoms with Crippen molar-refractivity contribution in [2.75, 3.05) is 26.7 Å². The van der Waals surface area contributed by atoms with E-state index in [9.17, 15) is 13.2 Å². The Morgan fingerprint density at radius 3 is 2.50 bits per heavy atom. The van der Waals surface area contributed by atoms with Gasteiger partial charge in [0.1, 0.15) is 0 Å². The van der Waals surface area contributed by atoms with Crippen molar-refractivity contribution in [3.05, 3.63) is 0 Å². The fraction of sp³-hybridized carbons (Fsp3) is 0.933. The summed E-state index contributed by atoms with van der Waals surface area (Å²) >= 11 is 0. The molecule has 1 aliphatic heterocycles. The average Bonchev–Trinajstić information content (AvgIpc) is 3.07. The molecule has 128 valence electrons. The predicted octanol–water partition coefficient (Wildman–Crippen LogP) is 0.776. The number of carbonyl (C=O) groups excluding carboxylic acids is 1. The minimum absolute atomic E-state index is 0.113. The first-order valence-corrected chi connectivity index (χ1v) is 9.84. The van der Waals surface area contributed by atoms with Gasteiger partial charge in [-0.2, -0.15) is 0 Å². The molecule has 0 aromatic carbocycles. The van der Waals surface area contributed by atoms with Gasteiger partial charge in [0.05, 0.1) is 5.25 Å². The second-order valence-corrected chi connectivity index (χ2v) is 8.95. The van der Waals surface area contributed by atoms with E-state index in [1.807, 2.05) is 6.92 Å². The summed E-state index contributed by atoms with van der Waals surface area (Å²) < 4.78 is 26.8. The highest BCUT2D eigenvalue weighted by molar-refractivity contribution is 7.89. The van der Waals surface area contributed by atoms with Crippen LogP contribution in [-0.2, 0) is 14.8 Å². The van der Waals surface area contributed by atoms with E-state index >= 15 is 0 Å². The van der Waals surface area contributed by atoms with Gasteiger partial charge in [-0.15, -0.1) is 0 Å². The summed E-state index contributed by atoms with van der Waals surface area (Å²) in [6.07, 6.45) is 5.52. The second kappa shape index (κ2) is 7.27. The molecule has 0 spiro atoms. The number of likely N-dealkylation sites (tertiary alicyclic amines) is 1. The predicted molar refractivity (Wildman–Crippen MR) is 86.8 cm³/mol. The van der Waals surface area contributed by atoms with Gasteiger partial charge in [-0.05, 0) is 32.6 Å². The Hall–Kier alpha value is -0.660. The first kappa shape index (κ1) is 17.7. The summed E-state index contributed by atoms with van der Waals surface area (Å²) in [5.41, 5.74) is 5.59. The molecule has 0 radical (unpaired) electrons. The molecule has 1 heterocycles. The Morgan fingerprint density at radius 1 is 1.27 bits per heavy atom. The van der Waals surface area contributed by atoms with Gasteiger partial charge in [0.15, 0.2) is 0 Å². The fourth-order valence-corrected chi connectivity index (χ4v) is 5.34. The second-order valence-electron chi connectivity index (χ2n) is 6.68. The highest BCUT2D eigenvalue weighted by Gasteiger charge is 2.38. The maximum absolute atomic E-state index is 12.7. The van der Waals surface area contributed by atoms with E-state index in [1.54, 1.807) is 11.9 Å². The third-order valence-electron chi connectivity index (χ3n) is 5.18. The maximum Gasteiger partial charge on any atom is 0.225 e. The third kappa shape index (κ3) is 3.63. The first-order valence-electron chi connectivity index (χ1n) is 8.33. The van der Waals surface area contributed by atoms with Crippen LogP contribution < -0.4 is 5.73 Å². The smallest absolute Gasteiger partial charge is 0.225 e. The summed E-state index contributed by atoms with van der Waals surface area (Å²) in [4.78, 5) is 14.3.